The lowest BCUT2D eigenvalue weighted by Gasteiger charge is -2.34. The highest BCUT2D eigenvalue weighted by Gasteiger charge is 2.23. The molecule has 1 N–H and O–H groups in total. The van der Waals surface area contributed by atoms with Crippen LogP contribution < -0.4 is 0 Å². The van der Waals surface area contributed by atoms with Crippen LogP contribution >= 0.6 is 11.6 Å². The summed E-state index contributed by atoms with van der Waals surface area (Å²) in [6, 6.07) is 4.57. The molecule has 1 aliphatic carbocycles. The zero-order valence-electron chi connectivity index (χ0n) is 10.8. The molecule has 1 aliphatic rings. The zero-order chi connectivity index (χ0) is 13.0. The van der Waals surface area contributed by atoms with Crippen LogP contribution in [0, 0.1) is 5.92 Å². The fraction of sp³-hybridized carbons (Fsp3) is 0.643. The van der Waals surface area contributed by atoms with Gasteiger partial charge in [0, 0.05) is 25.4 Å². The monoisotopic (exact) mass is 268 g/mol. The molecule has 18 heavy (non-hydrogen) atoms. The third kappa shape index (κ3) is 3.67. The molecule has 1 fully saturated rings. The van der Waals surface area contributed by atoms with Crippen molar-refractivity contribution in [1.82, 2.24) is 9.88 Å². The van der Waals surface area contributed by atoms with E-state index in [1.165, 1.54) is 18.4 Å². The van der Waals surface area contributed by atoms with Gasteiger partial charge in [-0.05, 0) is 56.3 Å². The van der Waals surface area contributed by atoms with Crippen molar-refractivity contribution in [1.29, 1.82) is 0 Å². The molecule has 1 saturated carbocycles. The minimum absolute atomic E-state index is 0.344. The number of aliphatic hydroxyl groups is 1. The lowest BCUT2D eigenvalue weighted by molar-refractivity contribution is 0.124. The van der Waals surface area contributed by atoms with Gasteiger partial charge in [0.1, 0.15) is 5.15 Å². The molecule has 0 atom stereocenters. The summed E-state index contributed by atoms with van der Waals surface area (Å²) in [5.41, 5.74) is 1.21. The highest BCUT2D eigenvalue weighted by atomic mass is 35.5. The van der Waals surface area contributed by atoms with Crippen LogP contribution in [0.2, 0.25) is 5.15 Å². The van der Waals surface area contributed by atoms with Crippen LogP contribution in [0.1, 0.15) is 31.2 Å². The van der Waals surface area contributed by atoms with Crippen LogP contribution in [0.15, 0.2) is 18.3 Å². The molecule has 1 aromatic rings. The summed E-state index contributed by atoms with van der Waals surface area (Å²) in [5.74, 6) is 0.519. The maximum atomic E-state index is 9.15. The number of hydrogen-bond donors (Lipinski definition) is 1. The standard InChI is InChI=1S/C14H21ClN2O/c1-17(9-12-6-7-16-14(15)8-12)13-4-2-11(10-18)3-5-13/h6-8,11,13,18H,2-5,9-10H2,1H3. The molecule has 3 nitrogen and oxygen atoms in total. The van der Waals surface area contributed by atoms with Gasteiger partial charge in [0.15, 0.2) is 0 Å². The van der Waals surface area contributed by atoms with Crippen molar-refractivity contribution in [3.05, 3.63) is 29.0 Å². The molecule has 1 aromatic heterocycles. The second kappa shape index (κ2) is 6.50. The van der Waals surface area contributed by atoms with Crippen LogP contribution in [-0.4, -0.2) is 34.7 Å². The van der Waals surface area contributed by atoms with Gasteiger partial charge in [-0.2, -0.15) is 0 Å². The molecule has 0 amide bonds. The Morgan fingerprint density at radius 2 is 2.11 bits per heavy atom. The van der Waals surface area contributed by atoms with E-state index in [9.17, 15) is 0 Å². The molecule has 0 bridgehead atoms. The normalized spacial score (nSPS) is 24.4. The number of aliphatic hydroxyl groups excluding tert-OH is 1. The maximum Gasteiger partial charge on any atom is 0.129 e. The minimum atomic E-state index is 0.344. The van der Waals surface area contributed by atoms with Gasteiger partial charge in [-0.25, -0.2) is 4.98 Å². The van der Waals surface area contributed by atoms with E-state index in [4.69, 9.17) is 16.7 Å². The first-order valence-electron chi connectivity index (χ1n) is 6.60. The quantitative estimate of drug-likeness (QED) is 0.853. The number of rotatable bonds is 4. The Kier molecular flexibility index (Phi) is 4.98. The molecule has 0 aromatic carbocycles. The molecule has 0 spiro atoms. The van der Waals surface area contributed by atoms with Crippen molar-refractivity contribution >= 4 is 11.6 Å². The van der Waals surface area contributed by atoms with Crippen LogP contribution in [0.3, 0.4) is 0 Å². The van der Waals surface area contributed by atoms with Crippen molar-refractivity contribution in [3.8, 4) is 0 Å². The van der Waals surface area contributed by atoms with Crippen molar-refractivity contribution in [3.63, 3.8) is 0 Å². The molecule has 2 rings (SSSR count). The van der Waals surface area contributed by atoms with Crippen LogP contribution in [0.25, 0.3) is 0 Å². The summed E-state index contributed by atoms with van der Waals surface area (Å²) in [5, 5.41) is 9.71. The molecular weight excluding hydrogens is 248 g/mol. The van der Waals surface area contributed by atoms with Crippen LogP contribution in [0.5, 0.6) is 0 Å². The molecule has 0 unspecified atom stereocenters. The Morgan fingerprint density at radius 1 is 1.39 bits per heavy atom. The Labute approximate surface area is 114 Å². The highest BCUT2D eigenvalue weighted by molar-refractivity contribution is 6.29. The van der Waals surface area contributed by atoms with Gasteiger partial charge in [-0.1, -0.05) is 11.6 Å². The average Bonchev–Trinajstić information content (AvgIpc) is 2.39. The summed E-state index contributed by atoms with van der Waals surface area (Å²) >= 11 is 5.89. The number of hydrogen-bond acceptors (Lipinski definition) is 3. The largest absolute Gasteiger partial charge is 0.396 e. The number of nitrogens with zero attached hydrogens (tertiary/aromatic N) is 2. The summed E-state index contributed by atoms with van der Waals surface area (Å²) in [6.07, 6.45) is 6.40. The lowest BCUT2D eigenvalue weighted by atomic mass is 9.86. The maximum absolute atomic E-state index is 9.15. The molecule has 0 saturated heterocycles. The fourth-order valence-corrected chi connectivity index (χ4v) is 2.92. The fourth-order valence-electron chi connectivity index (χ4n) is 2.73. The molecule has 0 radical (unpaired) electrons. The number of halogens is 1. The summed E-state index contributed by atoms with van der Waals surface area (Å²) in [4.78, 5) is 6.39. The third-order valence-electron chi connectivity index (χ3n) is 3.92. The van der Waals surface area contributed by atoms with Gasteiger partial charge in [0.05, 0.1) is 0 Å². The van der Waals surface area contributed by atoms with Gasteiger partial charge >= 0.3 is 0 Å². The van der Waals surface area contributed by atoms with Gasteiger partial charge in [-0.3, -0.25) is 4.90 Å². The van der Waals surface area contributed by atoms with Gasteiger partial charge in [0.2, 0.25) is 0 Å². The number of pyridine rings is 1. The van der Waals surface area contributed by atoms with Gasteiger partial charge < -0.3 is 5.11 Å². The summed E-state index contributed by atoms with van der Waals surface area (Å²) in [6.45, 7) is 1.26. The SMILES string of the molecule is CN(Cc1ccnc(Cl)c1)C1CCC(CO)CC1. The molecule has 4 heteroatoms. The minimum Gasteiger partial charge on any atom is -0.396 e. The number of aromatic nitrogens is 1. The average molecular weight is 269 g/mol. The second-order valence-corrected chi connectivity index (χ2v) is 5.65. The molecule has 0 aliphatic heterocycles. The molecule has 1 heterocycles. The first-order valence-corrected chi connectivity index (χ1v) is 6.98. The van der Waals surface area contributed by atoms with Crippen LogP contribution in [0.4, 0.5) is 0 Å². The summed E-state index contributed by atoms with van der Waals surface area (Å²) < 4.78 is 0. The smallest absolute Gasteiger partial charge is 0.129 e. The summed E-state index contributed by atoms with van der Waals surface area (Å²) in [7, 11) is 2.16. The van der Waals surface area contributed by atoms with Crippen LogP contribution in [-0.2, 0) is 6.54 Å². The Bertz CT molecular complexity index is 378. The zero-order valence-corrected chi connectivity index (χ0v) is 11.6. The van der Waals surface area contributed by atoms with Gasteiger partial charge in [0.25, 0.3) is 0 Å². The molecule has 100 valence electrons. The van der Waals surface area contributed by atoms with Crippen molar-refractivity contribution in [2.24, 2.45) is 5.92 Å². The highest BCUT2D eigenvalue weighted by Crippen LogP contribution is 2.27. The van der Waals surface area contributed by atoms with E-state index in [0.29, 0.717) is 23.7 Å². The third-order valence-corrected chi connectivity index (χ3v) is 4.13. The van der Waals surface area contributed by atoms with E-state index in [-0.39, 0.29) is 0 Å². The van der Waals surface area contributed by atoms with E-state index in [1.807, 2.05) is 12.1 Å². The second-order valence-electron chi connectivity index (χ2n) is 5.26. The Morgan fingerprint density at radius 3 is 2.72 bits per heavy atom. The predicted octanol–water partition coefficient (Wildman–Crippen LogP) is 2.72. The van der Waals surface area contributed by atoms with Crippen molar-refractivity contribution in [2.75, 3.05) is 13.7 Å². The Balaban J connectivity index is 1.87. The van der Waals surface area contributed by atoms with E-state index in [2.05, 4.69) is 16.9 Å². The van der Waals surface area contributed by atoms with E-state index in [1.54, 1.807) is 6.20 Å². The van der Waals surface area contributed by atoms with E-state index >= 15 is 0 Å². The first kappa shape index (κ1) is 13.8. The first-order chi connectivity index (χ1) is 8.69. The molecular formula is C14H21ClN2O. The van der Waals surface area contributed by atoms with E-state index < -0.39 is 0 Å². The topological polar surface area (TPSA) is 36.4 Å². The van der Waals surface area contributed by atoms with Crippen molar-refractivity contribution < 1.29 is 5.11 Å². The van der Waals surface area contributed by atoms with Crippen molar-refractivity contribution in [2.45, 2.75) is 38.3 Å². The lowest BCUT2D eigenvalue weighted by Crippen LogP contribution is -2.35. The van der Waals surface area contributed by atoms with E-state index in [0.717, 1.165) is 19.4 Å². The van der Waals surface area contributed by atoms with Gasteiger partial charge in [-0.15, -0.1) is 0 Å². The Hall–Kier alpha value is -0.640. The predicted molar refractivity (Wildman–Crippen MR) is 73.5 cm³/mol.